The Morgan fingerprint density at radius 3 is 3.25 bits per heavy atom. The first-order valence-electron chi connectivity index (χ1n) is 4.23. The van der Waals surface area contributed by atoms with Crippen molar-refractivity contribution < 1.29 is 4.74 Å². The molecule has 0 aromatic heterocycles. The van der Waals surface area contributed by atoms with E-state index in [1.165, 1.54) is 12.8 Å². The van der Waals surface area contributed by atoms with E-state index in [9.17, 15) is 0 Å². The van der Waals surface area contributed by atoms with Crippen molar-refractivity contribution in [1.82, 2.24) is 4.90 Å². The molecule has 2 aliphatic heterocycles. The largest absolute Gasteiger partial charge is 0.491 e. The molecule has 0 N–H and O–H groups in total. The summed E-state index contributed by atoms with van der Waals surface area (Å²) in [4.78, 5) is 6.23. The van der Waals surface area contributed by atoms with E-state index >= 15 is 0 Å². The fourth-order valence-corrected chi connectivity index (χ4v) is 1.59. The van der Waals surface area contributed by atoms with Crippen LogP contribution in [0, 0.1) is 0 Å². The minimum atomic E-state index is 0.152. The molecule has 62 valence electrons. The summed E-state index contributed by atoms with van der Waals surface area (Å²) in [6.07, 6.45) is 9.86. The third-order valence-electron chi connectivity index (χ3n) is 2.57. The van der Waals surface area contributed by atoms with Crippen LogP contribution in [0.15, 0.2) is 29.4 Å². The Hall–Kier alpha value is -1.25. The molecule has 3 aliphatic rings. The molecular weight excluding hydrogens is 152 g/mol. The van der Waals surface area contributed by atoms with E-state index in [0.717, 1.165) is 12.2 Å². The zero-order valence-corrected chi connectivity index (χ0v) is 6.73. The molecule has 1 saturated carbocycles. The van der Waals surface area contributed by atoms with Crippen LogP contribution in [0.4, 0.5) is 0 Å². The van der Waals surface area contributed by atoms with Gasteiger partial charge in [-0.05, 0) is 12.8 Å². The van der Waals surface area contributed by atoms with Gasteiger partial charge in [-0.15, -0.1) is 0 Å². The van der Waals surface area contributed by atoms with Gasteiger partial charge in [0.2, 0.25) is 0 Å². The number of ether oxygens (including phenoxy) is 1. The van der Waals surface area contributed by atoms with Crippen molar-refractivity contribution in [2.45, 2.75) is 18.4 Å². The zero-order chi connectivity index (χ0) is 8.02. The van der Waals surface area contributed by atoms with Crippen LogP contribution in [0.25, 0.3) is 0 Å². The second-order valence-electron chi connectivity index (χ2n) is 3.55. The molecular formula is C9H10N2O. The minimum Gasteiger partial charge on any atom is -0.491 e. The average molecular weight is 162 g/mol. The van der Waals surface area contributed by atoms with Gasteiger partial charge in [-0.3, -0.25) is 4.99 Å². The van der Waals surface area contributed by atoms with Crippen LogP contribution in [0.1, 0.15) is 12.8 Å². The van der Waals surface area contributed by atoms with Gasteiger partial charge in [0.15, 0.2) is 0 Å². The van der Waals surface area contributed by atoms with Crippen molar-refractivity contribution in [3.8, 4) is 0 Å². The molecule has 1 aliphatic carbocycles. The zero-order valence-electron chi connectivity index (χ0n) is 6.73. The quantitative estimate of drug-likeness (QED) is 0.535. The Balaban J connectivity index is 1.93. The highest BCUT2D eigenvalue weighted by atomic mass is 16.5. The standard InChI is InChI=1S/C9H10N2O/c1-2-9(1)7-11-4-3-10-5-8(11)6-12-9/h3-6H,1-2,7H2. The molecule has 0 aromatic rings. The van der Waals surface area contributed by atoms with Crippen molar-refractivity contribution in [3.05, 3.63) is 24.4 Å². The van der Waals surface area contributed by atoms with Crippen molar-refractivity contribution in [3.63, 3.8) is 0 Å². The van der Waals surface area contributed by atoms with E-state index in [1.54, 1.807) is 0 Å². The summed E-state index contributed by atoms with van der Waals surface area (Å²) in [5.74, 6) is 0. The summed E-state index contributed by atoms with van der Waals surface area (Å²) in [6.45, 7) is 0.987. The molecule has 3 heteroatoms. The maximum atomic E-state index is 5.62. The Morgan fingerprint density at radius 1 is 1.50 bits per heavy atom. The molecule has 3 nitrogen and oxygen atoms in total. The molecule has 2 heterocycles. The highest BCUT2D eigenvalue weighted by molar-refractivity contribution is 5.79. The van der Waals surface area contributed by atoms with Gasteiger partial charge in [0, 0.05) is 12.4 Å². The van der Waals surface area contributed by atoms with Gasteiger partial charge >= 0.3 is 0 Å². The minimum absolute atomic E-state index is 0.152. The predicted molar refractivity (Wildman–Crippen MR) is 45.5 cm³/mol. The molecule has 0 aromatic carbocycles. The summed E-state index contributed by atoms with van der Waals surface area (Å²) >= 11 is 0. The summed E-state index contributed by atoms with van der Waals surface area (Å²) in [6, 6.07) is 0. The number of hydrogen-bond acceptors (Lipinski definition) is 3. The summed E-state index contributed by atoms with van der Waals surface area (Å²) in [5, 5.41) is 0. The van der Waals surface area contributed by atoms with Crippen LogP contribution < -0.4 is 0 Å². The van der Waals surface area contributed by atoms with Crippen molar-refractivity contribution >= 4 is 6.21 Å². The van der Waals surface area contributed by atoms with Gasteiger partial charge in [-0.25, -0.2) is 0 Å². The summed E-state index contributed by atoms with van der Waals surface area (Å²) in [7, 11) is 0. The topological polar surface area (TPSA) is 24.8 Å². The van der Waals surface area contributed by atoms with E-state index in [1.807, 2.05) is 24.9 Å². The van der Waals surface area contributed by atoms with Crippen LogP contribution in [0.3, 0.4) is 0 Å². The normalized spacial score (nSPS) is 28.0. The predicted octanol–water partition coefficient (Wildman–Crippen LogP) is 1.25. The first-order chi connectivity index (χ1) is 5.88. The van der Waals surface area contributed by atoms with Gasteiger partial charge in [0.25, 0.3) is 0 Å². The third-order valence-corrected chi connectivity index (χ3v) is 2.57. The highest BCUT2D eigenvalue weighted by Gasteiger charge is 2.48. The molecule has 0 amide bonds. The molecule has 0 bridgehead atoms. The fourth-order valence-electron chi connectivity index (χ4n) is 1.59. The lowest BCUT2D eigenvalue weighted by atomic mass is 10.2. The first-order valence-corrected chi connectivity index (χ1v) is 4.23. The summed E-state index contributed by atoms with van der Waals surface area (Å²) in [5.41, 5.74) is 1.22. The Bertz CT molecular complexity index is 300. The molecule has 1 spiro atoms. The van der Waals surface area contributed by atoms with Crippen molar-refractivity contribution in [2.75, 3.05) is 6.54 Å². The Labute approximate surface area is 71.0 Å². The second-order valence-corrected chi connectivity index (χ2v) is 3.55. The van der Waals surface area contributed by atoms with Crippen LogP contribution in [-0.2, 0) is 4.74 Å². The van der Waals surface area contributed by atoms with E-state index in [2.05, 4.69) is 9.89 Å². The lowest BCUT2D eigenvalue weighted by Gasteiger charge is -2.32. The first kappa shape index (κ1) is 6.29. The average Bonchev–Trinajstić information content (AvgIpc) is 2.85. The van der Waals surface area contributed by atoms with E-state index in [0.29, 0.717) is 0 Å². The second kappa shape index (κ2) is 1.91. The van der Waals surface area contributed by atoms with Crippen molar-refractivity contribution in [2.24, 2.45) is 4.99 Å². The fraction of sp³-hybridized carbons (Fsp3) is 0.444. The molecule has 0 atom stereocenters. The van der Waals surface area contributed by atoms with Crippen LogP contribution in [0.5, 0.6) is 0 Å². The number of aliphatic imine (C=N–C) groups is 1. The molecule has 12 heavy (non-hydrogen) atoms. The van der Waals surface area contributed by atoms with Crippen LogP contribution in [0.2, 0.25) is 0 Å². The third kappa shape index (κ3) is 0.793. The molecule has 3 rings (SSSR count). The SMILES string of the molecule is C1=CN2CC3(CC3)OC=C2C=N1. The van der Waals surface area contributed by atoms with E-state index in [4.69, 9.17) is 4.74 Å². The molecule has 0 saturated heterocycles. The molecule has 0 unspecified atom stereocenters. The van der Waals surface area contributed by atoms with Crippen LogP contribution in [-0.4, -0.2) is 23.3 Å². The van der Waals surface area contributed by atoms with Gasteiger partial charge in [0.05, 0.1) is 18.5 Å². The Morgan fingerprint density at radius 2 is 2.42 bits per heavy atom. The lowest BCUT2D eigenvalue weighted by molar-refractivity contribution is 0.0736. The number of nitrogens with zero attached hydrogens (tertiary/aromatic N) is 2. The number of hydrogen-bond donors (Lipinski definition) is 0. The number of allylic oxidation sites excluding steroid dienone is 1. The highest BCUT2D eigenvalue weighted by Crippen LogP contribution is 2.43. The monoisotopic (exact) mass is 162 g/mol. The molecule has 0 radical (unpaired) electrons. The maximum Gasteiger partial charge on any atom is 0.126 e. The van der Waals surface area contributed by atoms with Crippen molar-refractivity contribution in [1.29, 1.82) is 0 Å². The van der Waals surface area contributed by atoms with Gasteiger partial charge in [0.1, 0.15) is 11.9 Å². The van der Waals surface area contributed by atoms with Crippen LogP contribution >= 0.6 is 0 Å². The summed E-state index contributed by atoms with van der Waals surface area (Å²) < 4.78 is 5.62. The van der Waals surface area contributed by atoms with E-state index in [-0.39, 0.29) is 5.60 Å². The maximum absolute atomic E-state index is 5.62. The van der Waals surface area contributed by atoms with Gasteiger partial charge < -0.3 is 9.64 Å². The number of rotatable bonds is 0. The Kier molecular flexibility index (Phi) is 1.00. The van der Waals surface area contributed by atoms with Gasteiger partial charge in [-0.2, -0.15) is 0 Å². The number of fused-ring (bicyclic) bond motifs is 1. The molecule has 1 fully saturated rings. The lowest BCUT2D eigenvalue weighted by Crippen LogP contribution is -2.36. The van der Waals surface area contributed by atoms with E-state index < -0.39 is 0 Å². The smallest absolute Gasteiger partial charge is 0.126 e. The van der Waals surface area contributed by atoms with Gasteiger partial charge in [-0.1, -0.05) is 0 Å².